The van der Waals surface area contributed by atoms with Crippen LogP contribution >= 0.6 is 11.3 Å². The Hall–Kier alpha value is -2.64. The summed E-state index contributed by atoms with van der Waals surface area (Å²) < 4.78 is 16.8. The zero-order valence-corrected chi connectivity index (χ0v) is 18.8. The van der Waals surface area contributed by atoms with Crippen LogP contribution < -0.4 is 10.1 Å². The molecule has 1 aliphatic heterocycles. The molecule has 1 fully saturated rings. The monoisotopic (exact) mass is 440 g/mol. The van der Waals surface area contributed by atoms with Crippen molar-refractivity contribution in [1.29, 1.82) is 0 Å². The highest BCUT2D eigenvalue weighted by molar-refractivity contribution is 7.13. The fraction of sp³-hybridized carbons (Fsp3) is 0.417. The van der Waals surface area contributed by atoms with Gasteiger partial charge in [-0.1, -0.05) is 12.1 Å². The zero-order chi connectivity index (χ0) is 21.7. The molecule has 3 aromatic rings. The van der Waals surface area contributed by atoms with Gasteiger partial charge in [0.15, 0.2) is 10.8 Å². The number of thiazole rings is 1. The lowest BCUT2D eigenvalue weighted by Crippen LogP contribution is -2.45. The molecule has 1 aliphatic rings. The van der Waals surface area contributed by atoms with E-state index in [0.29, 0.717) is 26.4 Å². The average Bonchev–Trinajstić information content (AvgIpc) is 3.43. The number of nitrogens with one attached hydrogen (secondary N) is 1. The average molecular weight is 441 g/mol. The first kappa shape index (κ1) is 21.6. The molecule has 1 aromatic carbocycles. The summed E-state index contributed by atoms with van der Waals surface area (Å²) in [5, 5.41) is 5.87. The highest BCUT2D eigenvalue weighted by Gasteiger charge is 2.35. The summed E-state index contributed by atoms with van der Waals surface area (Å²) >= 11 is 1.49. The number of nitrogens with zero attached hydrogens (tertiary/aromatic N) is 1. The van der Waals surface area contributed by atoms with E-state index in [4.69, 9.17) is 13.9 Å². The molecule has 7 heteroatoms. The predicted octanol–water partition coefficient (Wildman–Crippen LogP) is 4.52. The molecule has 1 amide bonds. The lowest BCUT2D eigenvalue weighted by molar-refractivity contribution is -0.121. The van der Waals surface area contributed by atoms with Crippen LogP contribution in [0.1, 0.15) is 36.8 Å². The molecule has 164 valence electrons. The van der Waals surface area contributed by atoms with Gasteiger partial charge in [-0.25, -0.2) is 4.98 Å². The first-order chi connectivity index (χ1) is 15.1. The van der Waals surface area contributed by atoms with Gasteiger partial charge < -0.3 is 19.2 Å². The predicted molar refractivity (Wildman–Crippen MR) is 121 cm³/mol. The lowest BCUT2D eigenvalue weighted by Gasteiger charge is -2.38. The summed E-state index contributed by atoms with van der Waals surface area (Å²) in [5.41, 5.74) is 1.84. The summed E-state index contributed by atoms with van der Waals surface area (Å²) in [5.74, 6) is 2.43. The van der Waals surface area contributed by atoms with Gasteiger partial charge in [0, 0.05) is 30.6 Å². The van der Waals surface area contributed by atoms with E-state index in [2.05, 4.69) is 22.4 Å². The number of amides is 1. The number of hydrogen-bond acceptors (Lipinski definition) is 6. The van der Waals surface area contributed by atoms with Crippen molar-refractivity contribution in [2.24, 2.45) is 0 Å². The first-order valence-corrected chi connectivity index (χ1v) is 11.5. The van der Waals surface area contributed by atoms with Crippen LogP contribution in [-0.4, -0.2) is 37.3 Å². The van der Waals surface area contributed by atoms with Crippen LogP contribution in [0.25, 0.3) is 10.8 Å². The second-order valence-electron chi connectivity index (χ2n) is 7.86. The summed E-state index contributed by atoms with van der Waals surface area (Å²) in [6.45, 7) is 6.50. The Labute approximate surface area is 186 Å². The van der Waals surface area contributed by atoms with E-state index in [1.54, 1.807) is 0 Å². The van der Waals surface area contributed by atoms with Gasteiger partial charge in [-0.3, -0.25) is 4.79 Å². The molecule has 4 rings (SSSR count). The minimum atomic E-state index is -0.127. The molecule has 0 unspecified atom stereocenters. The van der Waals surface area contributed by atoms with Crippen molar-refractivity contribution >= 4 is 17.2 Å². The van der Waals surface area contributed by atoms with E-state index in [-0.39, 0.29) is 17.7 Å². The molecule has 0 bridgehead atoms. The van der Waals surface area contributed by atoms with Gasteiger partial charge in [0.05, 0.1) is 18.7 Å². The summed E-state index contributed by atoms with van der Waals surface area (Å²) in [6.07, 6.45) is 2.01. The molecule has 0 aliphatic carbocycles. The number of ether oxygens (including phenoxy) is 2. The molecule has 0 spiro atoms. The molecule has 3 heterocycles. The summed E-state index contributed by atoms with van der Waals surface area (Å²) in [7, 11) is 0. The Kier molecular flexibility index (Phi) is 6.73. The third kappa shape index (κ3) is 5.17. The highest BCUT2D eigenvalue weighted by atomic mass is 32.1. The maximum Gasteiger partial charge on any atom is 0.226 e. The highest BCUT2D eigenvalue weighted by Crippen LogP contribution is 2.35. The van der Waals surface area contributed by atoms with Crippen LogP contribution in [0.4, 0.5) is 0 Å². The molecular weight excluding hydrogens is 412 g/mol. The minimum absolute atomic E-state index is 0.0238. The molecule has 1 saturated heterocycles. The molecule has 1 N–H and O–H groups in total. The Morgan fingerprint density at radius 3 is 2.65 bits per heavy atom. The van der Waals surface area contributed by atoms with Gasteiger partial charge in [-0.15, -0.1) is 11.3 Å². The van der Waals surface area contributed by atoms with Gasteiger partial charge in [-0.2, -0.15) is 0 Å². The topological polar surface area (TPSA) is 73.6 Å². The van der Waals surface area contributed by atoms with Gasteiger partial charge in [0.25, 0.3) is 0 Å². The normalized spacial score (nSPS) is 15.5. The van der Waals surface area contributed by atoms with E-state index in [9.17, 15) is 4.79 Å². The van der Waals surface area contributed by atoms with Crippen LogP contribution in [-0.2, 0) is 21.4 Å². The van der Waals surface area contributed by atoms with Crippen molar-refractivity contribution in [1.82, 2.24) is 10.3 Å². The third-order valence-electron chi connectivity index (χ3n) is 5.70. The fourth-order valence-electron chi connectivity index (χ4n) is 3.95. The SMILES string of the molecule is CCOc1ccc(C2(CNC(=O)Cc3csc(-c4ccc(C)o4)n3)CCOCC2)cc1. The maximum atomic E-state index is 12.7. The van der Waals surface area contributed by atoms with Crippen LogP contribution in [0.15, 0.2) is 46.2 Å². The Balaban J connectivity index is 1.40. The Bertz CT molecular complexity index is 1000. The molecule has 2 aromatic heterocycles. The molecule has 31 heavy (non-hydrogen) atoms. The van der Waals surface area contributed by atoms with Crippen molar-refractivity contribution in [3.8, 4) is 16.5 Å². The third-order valence-corrected chi connectivity index (χ3v) is 6.60. The van der Waals surface area contributed by atoms with Crippen LogP contribution in [0.5, 0.6) is 5.75 Å². The van der Waals surface area contributed by atoms with Crippen LogP contribution in [0, 0.1) is 6.92 Å². The number of hydrogen-bond donors (Lipinski definition) is 1. The largest absolute Gasteiger partial charge is 0.494 e. The van der Waals surface area contributed by atoms with Gasteiger partial charge >= 0.3 is 0 Å². The quantitative estimate of drug-likeness (QED) is 0.558. The van der Waals surface area contributed by atoms with Crippen molar-refractivity contribution in [2.75, 3.05) is 26.4 Å². The number of benzene rings is 1. The minimum Gasteiger partial charge on any atom is -0.494 e. The van der Waals surface area contributed by atoms with E-state index in [1.165, 1.54) is 16.9 Å². The summed E-state index contributed by atoms with van der Waals surface area (Å²) in [6, 6.07) is 12.1. The van der Waals surface area contributed by atoms with Gasteiger partial charge in [0.1, 0.15) is 11.5 Å². The maximum absolute atomic E-state index is 12.7. The smallest absolute Gasteiger partial charge is 0.226 e. The molecule has 0 radical (unpaired) electrons. The van der Waals surface area contributed by atoms with Crippen molar-refractivity contribution in [3.05, 3.63) is 58.8 Å². The van der Waals surface area contributed by atoms with Crippen molar-refractivity contribution in [2.45, 2.75) is 38.5 Å². The fourth-order valence-corrected chi connectivity index (χ4v) is 4.73. The molecular formula is C24H28N2O4S. The molecule has 0 saturated carbocycles. The van der Waals surface area contributed by atoms with Crippen molar-refractivity contribution < 1.29 is 18.7 Å². The molecule has 0 atom stereocenters. The zero-order valence-electron chi connectivity index (χ0n) is 18.0. The van der Waals surface area contributed by atoms with Crippen LogP contribution in [0.3, 0.4) is 0 Å². The lowest BCUT2D eigenvalue weighted by atomic mass is 9.74. The standard InChI is InChI=1S/C24H28N2O4S/c1-3-29-20-7-5-18(6-8-20)24(10-12-28-13-11-24)16-25-22(27)14-19-15-31-23(26-19)21-9-4-17(2)30-21/h4-9,15H,3,10-14,16H2,1-2H3,(H,25,27). The number of carbonyl (C=O) groups excluding carboxylic acids is 1. The first-order valence-electron chi connectivity index (χ1n) is 10.7. The number of aromatic nitrogens is 1. The van der Waals surface area contributed by atoms with E-state index >= 15 is 0 Å². The van der Waals surface area contributed by atoms with Crippen LogP contribution in [0.2, 0.25) is 0 Å². The number of aryl methyl sites for hydroxylation is 1. The number of furan rings is 1. The molecule has 6 nitrogen and oxygen atoms in total. The van der Waals surface area contributed by atoms with E-state index in [0.717, 1.165) is 40.8 Å². The number of rotatable bonds is 8. The summed E-state index contributed by atoms with van der Waals surface area (Å²) in [4.78, 5) is 17.3. The second-order valence-corrected chi connectivity index (χ2v) is 8.72. The van der Waals surface area contributed by atoms with Crippen molar-refractivity contribution in [3.63, 3.8) is 0 Å². The Morgan fingerprint density at radius 2 is 1.97 bits per heavy atom. The second kappa shape index (κ2) is 9.66. The van der Waals surface area contributed by atoms with E-state index < -0.39 is 0 Å². The van der Waals surface area contributed by atoms with Gasteiger partial charge in [-0.05, 0) is 56.5 Å². The van der Waals surface area contributed by atoms with E-state index in [1.807, 2.05) is 43.5 Å². The number of carbonyl (C=O) groups is 1. The van der Waals surface area contributed by atoms with Gasteiger partial charge in [0.2, 0.25) is 5.91 Å². The Morgan fingerprint density at radius 1 is 1.19 bits per heavy atom.